The molecule has 1 aliphatic heterocycles. The predicted octanol–water partition coefficient (Wildman–Crippen LogP) is 2.01. The van der Waals surface area contributed by atoms with Crippen molar-refractivity contribution in [3.63, 3.8) is 0 Å². The summed E-state index contributed by atoms with van der Waals surface area (Å²) in [6.07, 6.45) is 0.772. The quantitative estimate of drug-likeness (QED) is 0.868. The van der Waals surface area contributed by atoms with Crippen molar-refractivity contribution in [1.29, 1.82) is 0 Å². The summed E-state index contributed by atoms with van der Waals surface area (Å²) in [5, 5.41) is 10.3. The lowest BCUT2D eigenvalue weighted by Gasteiger charge is -2.21. The molecular weight excluding hydrogens is 236 g/mol. The van der Waals surface area contributed by atoms with Gasteiger partial charge in [-0.2, -0.15) is 0 Å². The van der Waals surface area contributed by atoms with Crippen molar-refractivity contribution in [2.45, 2.75) is 26.0 Å². The van der Waals surface area contributed by atoms with Crippen molar-refractivity contribution in [3.8, 4) is 0 Å². The molecule has 2 atom stereocenters. The van der Waals surface area contributed by atoms with Gasteiger partial charge in [-0.15, -0.1) is 0 Å². The third-order valence-corrected chi connectivity index (χ3v) is 3.80. The highest BCUT2D eigenvalue weighted by molar-refractivity contribution is 6.33. The molecule has 0 radical (unpaired) electrons. The van der Waals surface area contributed by atoms with Crippen molar-refractivity contribution in [1.82, 2.24) is 0 Å². The lowest BCUT2D eigenvalue weighted by molar-refractivity contribution is 0.136. The van der Waals surface area contributed by atoms with Crippen LogP contribution >= 0.6 is 11.6 Å². The molecule has 0 aliphatic carbocycles. The number of hydrogen-bond donors (Lipinski definition) is 2. The summed E-state index contributed by atoms with van der Waals surface area (Å²) in [5.41, 5.74) is 7.67. The fourth-order valence-corrected chi connectivity index (χ4v) is 2.66. The van der Waals surface area contributed by atoms with Crippen LogP contribution in [0.1, 0.15) is 18.9 Å². The zero-order valence-electron chi connectivity index (χ0n) is 10.1. The van der Waals surface area contributed by atoms with Crippen molar-refractivity contribution in [2.75, 3.05) is 18.0 Å². The first-order chi connectivity index (χ1) is 8.11. The average molecular weight is 255 g/mol. The molecule has 17 heavy (non-hydrogen) atoms. The Labute approximate surface area is 107 Å². The monoisotopic (exact) mass is 254 g/mol. The van der Waals surface area contributed by atoms with Gasteiger partial charge in [-0.1, -0.05) is 17.7 Å². The summed E-state index contributed by atoms with van der Waals surface area (Å²) in [6.45, 7) is 4.19. The van der Waals surface area contributed by atoms with Crippen LogP contribution in [-0.2, 0) is 6.54 Å². The van der Waals surface area contributed by atoms with Gasteiger partial charge in [0.05, 0.1) is 16.8 Å². The lowest BCUT2D eigenvalue weighted by atomic mass is 10.0. The summed E-state index contributed by atoms with van der Waals surface area (Å²) in [5.74, 6) is 0.347. The molecule has 1 heterocycles. The van der Waals surface area contributed by atoms with Crippen molar-refractivity contribution >= 4 is 17.3 Å². The van der Waals surface area contributed by atoms with Gasteiger partial charge in [0, 0.05) is 25.6 Å². The number of rotatable bonds is 3. The number of aliphatic hydroxyl groups excluding tert-OH is 1. The lowest BCUT2D eigenvalue weighted by Crippen LogP contribution is -2.24. The zero-order chi connectivity index (χ0) is 12.4. The zero-order valence-corrected chi connectivity index (χ0v) is 10.8. The van der Waals surface area contributed by atoms with Crippen molar-refractivity contribution in [2.24, 2.45) is 11.7 Å². The van der Waals surface area contributed by atoms with Crippen LogP contribution in [-0.4, -0.2) is 24.3 Å². The molecule has 1 fully saturated rings. The second-order valence-electron chi connectivity index (χ2n) is 4.73. The SMILES string of the molecule is CC(O)C1CCN(c2ccc(CN)cc2Cl)C1. The standard InChI is InChI=1S/C13H19ClN2O/c1-9(17)11-4-5-16(8-11)13-3-2-10(7-15)6-12(13)14/h2-3,6,9,11,17H,4-5,7-8,15H2,1H3. The second-order valence-corrected chi connectivity index (χ2v) is 5.13. The highest BCUT2D eigenvalue weighted by atomic mass is 35.5. The van der Waals surface area contributed by atoms with E-state index in [1.165, 1.54) is 0 Å². The molecule has 0 amide bonds. The normalized spacial score (nSPS) is 21.9. The van der Waals surface area contributed by atoms with Crippen LogP contribution in [0.15, 0.2) is 18.2 Å². The smallest absolute Gasteiger partial charge is 0.0642 e. The van der Waals surface area contributed by atoms with E-state index in [0.717, 1.165) is 35.8 Å². The molecule has 1 aliphatic rings. The third kappa shape index (κ3) is 2.73. The molecule has 4 heteroatoms. The summed E-state index contributed by atoms with van der Waals surface area (Å²) in [7, 11) is 0. The first kappa shape index (κ1) is 12.7. The Hall–Kier alpha value is -0.770. The molecule has 2 rings (SSSR count). The number of aliphatic hydroxyl groups is 1. The summed E-state index contributed by atoms with van der Waals surface area (Å²) in [4.78, 5) is 2.24. The molecule has 3 N–H and O–H groups in total. The molecule has 0 aromatic heterocycles. The molecule has 94 valence electrons. The van der Waals surface area contributed by atoms with E-state index in [-0.39, 0.29) is 6.10 Å². The Morgan fingerprint density at radius 1 is 1.59 bits per heavy atom. The molecule has 0 saturated carbocycles. The Morgan fingerprint density at radius 3 is 2.88 bits per heavy atom. The topological polar surface area (TPSA) is 49.5 Å². The molecule has 0 spiro atoms. The number of benzene rings is 1. The maximum Gasteiger partial charge on any atom is 0.0642 e. The second kappa shape index (κ2) is 5.25. The number of hydrogen-bond acceptors (Lipinski definition) is 3. The Kier molecular flexibility index (Phi) is 3.92. The maximum absolute atomic E-state index is 9.59. The third-order valence-electron chi connectivity index (χ3n) is 3.50. The van der Waals surface area contributed by atoms with E-state index in [9.17, 15) is 5.11 Å². The van der Waals surface area contributed by atoms with Crippen LogP contribution in [0.4, 0.5) is 5.69 Å². The van der Waals surface area contributed by atoms with E-state index in [1.807, 2.05) is 25.1 Å². The summed E-state index contributed by atoms with van der Waals surface area (Å²) < 4.78 is 0. The van der Waals surface area contributed by atoms with Gasteiger partial charge in [0.15, 0.2) is 0 Å². The first-order valence-electron chi connectivity index (χ1n) is 6.03. The van der Waals surface area contributed by atoms with E-state index in [1.54, 1.807) is 0 Å². The Balaban J connectivity index is 2.13. The van der Waals surface area contributed by atoms with Crippen molar-refractivity contribution in [3.05, 3.63) is 28.8 Å². The van der Waals surface area contributed by atoms with Gasteiger partial charge in [0.25, 0.3) is 0 Å². The van der Waals surface area contributed by atoms with Crippen LogP contribution in [0.2, 0.25) is 5.02 Å². The fourth-order valence-electron chi connectivity index (χ4n) is 2.33. The molecule has 1 saturated heterocycles. The van der Waals surface area contributed by atoms with Gasteiger partial charge >= 0.3 is 0 Å². The van der Waals surface area contributed by atoms with Crippen LogP contribution in [0, 0.1) is 5.92 Å². The van der Waals surface area contributed by atoms with Gasteiger partial charge in [-0.25, -0.2) is 0 Å². The molecule has 1 aromatic carbocycles. The van der Waals surface area contributed by atoms with Crippen LogP contribution < -0.4 is 10.6 Å². The van der Waals surface area contributed by atoms with Gasteiger partial charge < -0.3 is 15.7 Å². The van der Waals surface area contributed by atoms with E-state index < -0.39 is 0 Å². The molecule has 2 unspecified atom stereocenters. The van der Waals surface area contributed by atoms with E-state index in [2.05, 4.69) is 4.90 Å². The number of halogens is 1. The largest absolute Gasteiger partial charge is 0.393 e. The minimum Gasteiger partial charge on any atom is -0.393 e. The van der Waals surface area contributed by atoms with Gasteiger partial charge in [-0.3, -0.25) is 0 Å². The minimum absolute atomic E-state index is 0.248. The number of nitrogens with zero attached hydrogens (tertiary/aromatic N) is 1. The first-order valence-corrected chi connectivity index (χ1v) is 6.41. The summed E-state index contributed by atoms with van der Waals surface area (Å²) in [6, 6.07) is 5.96. The van der Waals surface area contributed by atoms with E-state index in [0.29, 0.717) is 12.5 Å². The molecule has 0 bridgehead atoms. The predicted molar refractivity (Wildman–Crippen MR) is 71.3 cm³/mol. The molecular formula is C13H19ClN2O. The fraction of sp³-hybridized carbons (Fsp3) is 0.538. The molecule has 3 nitrogen and oxygen atoms in total. The number of anilines is 1. The Bertz CT molecular complexity index is 395. The van der Waals surface area contributed by atoms with Gasteiger partial charge in [0.2, 0.25) is 0 Å². The maximum atomic E-state index is 9.59. The van der Waals surface area contributed by atoms with Crippen molar-refractivity contribution < 1.29 is 5.11 Å². The highest BCUT2D eigenvalue weighted by Gasteiger charge is 2.27. The van der Waals surface area contributed by atoms with Gasteiger partial charge in [-0.05, 0) is 31.0 Å². The Morgan fingerprint density at radius 2 is 2.35 bits per heavy atom. The average Bonchev–Trinajstić information content (AvgIpc) is 2.78. The summed E-state index contributed by atoms with van der Waals surface area (Å²) >= 11 is 6.26. The van der Waals surface area contributed by atoms with E-state index in [4.69, 9.17) is 17.3 Å². The molecule has 1 aromatic rings. The van der Waals surface area contributed by atoms with Crippen LogP contribution in [0.25, 0.3) is 0 Å². The van der Waals surface area contributed by atoms with Crippen LogP contribution in [0.5, 0.6) is 0 Å². The van der Waals surface area contributed by atoms with Gasteiger partial charge in [0.1, 0.15) is 0 Å². The van der Waals surface area contributed by atoms with E-state index >= 15 is 0 Å². The highest BCUT2D eigenvalue weighted by Crippen LogP contribution is 2.32. The number of nitrogens with two attached hydrogens (primary N) is 1. The van der Waals surface area contributed by atoms with Crippen LogP contribution in [0.3, 0.4) is 0 Å². The minimum atomic E-state index is -0.248.